The molecule has 0 aromatic heterocycles. The number of aryl methyl sites for hydroxylation is 1. The van der Waals surface area contributed by atoms with Crippen LogP contribution in [-0.2, 0) is 4.79 Å². The second-order valence-corrected chi connectivity index (χ2v) is 4.64. The van der Waals surface area contributed by atoms with E-state index in [9.17, 15) is 4.79 Å². The summed E-state index contributed by atoms with van der Waals surface area (Å²) in [6.45, 7) is 5.78. The molecular weight excluding hydrogens is 254 g/mol. The Morgan fingerprint density at radius 3 is 2.53 bits per heavy atom. The molecule has 1 N–H and O–H groups in total. The van der Waals surface area contributed by atoms with Crippen molar-refractivity contribution >= 4 is 27.5 Å². The fourth-order valence-corrected chi connectivity index (χ4v) is 1.86. The van der Waals surface area contributed by atoms with Crippen LogP contribution in [0.25, 0.3) is 0 Å². The van der Waals surface area contributed by atoms with E-state index in [2.05, 4.69) is 21.2 Å². The van der Waals surface area contributed by atoms with Crippen molar-refractivity contribution in [1.29, 1.82) is 0 Å². The van der Waals surface area contributed by atoms with Gasteiger partial charge in [0, 0.05) is 16.2 Å². The highest BCUT2D eigenvalue weighted by Gasteiger charge is 2.00. The minimum Gasteiger partial charge on any atom is -0.322 e. The number of hydrogen-bond acceptors (Lipinski definition) is 1. The number of carbonyl (C=O) groups excluding carboxylic acids is 1. The zero-order valence-corrected chi connectivity index (χ0v) is 10.7. The van der Waals surface area contributed by atoms with Gasteiger partial charge in [-0.05, 0) is 44.5 Å². The van der Waals surface area contributed by atoms with E-state index < -0.39 is 0 Å². The molecule has 3 heteroatoms. The average Bonchev–Trinajstić information content (AvgIpc) is 1.98. The summed E-state index contributed by atoms with van der Waals surface area (Å²) >= 11 is 3.39. The minimum atomic E-state index is -0.0903. The van der Waals surface area contributed by atoms with Crippen molar-refractivity contribution in [2.75, 3.05) is 5.32 Å². The highest BCUT2D eigenvalue weighted by Crippen LogP contribution is 2.19. The lowest BCUT2D eigenvalue weighted by Gasteiger charge is -2.04. The Morgan fingerprint density at radius 2 is 2.00 bits per heavy atom. The number of anilines is 1. The molecule has 1 amide bonds. The van der Waals surface area contributed by atoms with Crippen molar-refractivity contribution in [3.63, 3.8) is 0 Å². The Morgan fingerprint density at radius 1 is 1.33 bits per heavy atom. The standard InChI is InChI=1S/C12H14BrNO/c1-8(2)4-12(15)14-11-6-9(3)5-10(13)7-11/h4-7H,1-3H3,(H,14,15). The SMILES string of the molecule is CC(C)=CC(=O)Nc1cc(C)cc(Br)c1. The summed E-state index contributed by atoms with van der Waals surface area (Å²) in [4.78, 5) is 11.4. The molecule has 80 valence electrons. The molecule has 0 aliphatic heterocycles. The van der Waals surface area contributed by atoms with Gasteiger partial charge in [0.1, 0.15) is 0 Å². The van der Waals surface area contributed by atoms with Crippen LogP contribution >= 0.6 is 15.9 Å². The summed E-state index contributed by atoms with van der Waals surface area (Å²) in [5.41, 5.74) is 2.90. The molecule has 0 heterocycles. The molecular formula is C12H14BrNO. The van der Waals surface area contributed by atoms with E-state index in [1.54, 1.807) is 6.08 Å². The first-order chi connectivity index (χ1) is 6.97. The lowest BCUT2D eigenvalue weighted by atomic mass is 10.2. The van der Waals surface area contributed by atoms with Crippen LogP contribution in [0.3, 0.4) is 0 Å². The maximum atomic E-state index is 11.4. The van der Waals surface area contributed by atoms with Gasteiger partial charge in [-0.25, -0.2) is 0 Å². The molecule has 0 fully saturated rings. The molecule has 1 rings (SSSR count). The molecule has 2 nitrogen and oxygen atoms in total. The van der Waals surface area contributed by atoms with E-state index in [4.69, 9.17) is 0 Å². The molecule has 0 saturated carbocycles. The first-order valence-corrected chi connectivity index (χ1v) is 5.50. The van der Waals surface area contributed by atoms with Gasteiger partial charge in [0.25, 0.3) is 0 Å². The van der Waals surface area contributed by atoms with E-state index in [0.717, 1.165) is 21.3 Å². The van der Waals surface area contributed by atoms with Crippen LogP contribution in [0.15, 0.2) is 34.3 Å². The van der Waals surface area contributed by atoms with E-state index in [1.807, 2.05) is 39.0 Å². The maximum absolute atomic E-state index is 11.4. The van der Waals surface area contributed by atoms with Gasteiger partial charge in [-0.2, -0.15) is 0 Å². The molecule has 0 aliphatic carbocycles. The number of rotatable bonds is 2. The minimum absolute atomic E-state index is 0.0903. The van der Waals surface area contributed by atoms with Crippen molar-refractivity contribution in [2.24, 2.45) is 0 Å². The van der Waals surface area contributed by atoms with Crippen LogP contribution in [-0.4, -0.2) is 5.91 Å². The maximum Gasteiger partial charge on any atom is 0.248 e. The summed E-state index contributed by atoms with van der Waals surface area (Å²) in [7, 11) is 0. The van der Waals surface area contributed by atoms with Crippen molar-refractivity contribution < 1.29 is 4.79 Å². The topological polar surface area (TPSA) is 29.1 Å². The molecule has 0 atom stereocenters. The zero-order valence-electron chi connectivity index (χ0n) is 9.10. The number of halogens is 1. The fraction of sp³-hybridized carbons (Fsp3) is 0.250. The lowest BCUT2D eigenvalue weighted by molar-refractivity contribution is -0.111. The quantitative estimate of drug-likeness (QED) is 0.815. The Labute approximate surface area is 98.5 Å². The van der Waals surface area contributed by atoms with Crippen LogP contribution in [0.1, 0.15) is 19.4 Å². The first kappa shape index (κ1) is 12.0. The van der Waals surface area contributed by atoms with Gasteiger partial charge in [0.2, 0.25) is 5.91 Å². The normalized spacial score (nSPS) is 9.60. The number of nitrogens with one attached hydrogen (secondary N) is 1. The van der Waals surface area contributed by atoms with Crippen molar-refractivity contribution in [1.82, 2.24) is 0 Å². The van der Waals surface area contributed by atoms with Gasteiger partial charge in [0.05, 0.1) is 0 Å². The lowest BCUT2D eigenvalue weighted by Crippen LogP contribution is -2.08. The number of carbonyl (C=O) groups is 1. The molecule has 0 bridgehead atoms. The Bertz CT molecular complexity index is 386. The highest BCUT2D eigenvalue weighted by molar-refractivity contribution is 9.10. The van der Waals surface area contributed by atoms with E-state index >= 15 is 0 Å². The second-order valence-electron chi connectivity index (χ2n) is 3.73. The van der Waals surface area contributed by atoms with Crippen LogP contribution in [0.2, 0.25) is 0 Å². The summed E-state index contributed by atoms with van der Waals surface area (Å²) in [5.74, 6) is -0.0903. The van der Waals surface area contributed by atoms with E-state index in [0.29, 0.717) is 0 Å². The van der Waals surface area contributed by atoms with Gasteiger partial charge in [-0.15, -0.1) is 0 Å². The largest absolute Gasteiger partial charge is 0.322 e. The van der Waals surface area contributed by atoms with Crippen molar-refractivity contribution in [2.45, 2.75) is 20.8 Å². The number of amides is 1. The predicted molar refractivity (Wildman–Crippen MR) is 66.9 cm³/mol. The Balaban J connectivity index is 2.81. The summed E-state index contributed by atoms with van der Waals surface area (Å²) < 4.78 is 0.968. The monoisotopic (exact) mass is 267 g/mol. The summed E-state index contributed by atoms with van der Waals surface area (Å²) in [6.07, 6.45) is 1.58. The fourth-order valence-electron chi connectivity index (χ4n) is 1.25. The van der Waals surface area contributed by atoms with Gasteiger partial charge in [-0.3, -0.25) is 4.79 Å². The van der Waals surface area contributed by atoms with Gasteiger partial charge < -0.3 is 5.32 Å². The Hall–Kier alpha value is -1.09. The molecule has 0 radical (unpaired) electrons. The van der Waals surface area contributed by atoms with Gasteiger partial charge in [0.15, 0.2) is 0 Å². The van der Waals surface area contributed by atoms with Crippen molar-refractivity contribution in [3.05, 3.63) is 39.9 Å². The van der Waals surface area contributed by atoms with Crippen LogP contribution < -0.4 is 5.32 Å². The average molecular weight is 268 g/mol. The van der Waals surface area contributed by atoms with Gasteiger partial charge in [-0.1, -0.05) is 21.5 Å². The number of hydrogen-bond donors (Lipinski definition) is 1. The molecule has 15 heavy (non-hydrogen) atoms. The number of benzene rings is 1. The van der Waals surface area contributed by atoms with Crippen molar-refractivity contribution in [3.8, 4) is 0 Å². The number of allylic oxidation sites excluding steroid dienone is 1. The third kappa shape index (κ3) is 4.30. The van der Waals surface area contributed by atoms with E-state index in [-0.39, 0.29) is 5.91 Å². The zero-order chi connectivity index (χ0) is 11.4. The summed E-state index contributed by atoms with van der Waals surface area (Å²) in [6, 6.07) is 5.81. The molecule has 1 aromatic carbocycles. The Kier molecular flexibility index (Phi) is 4.09. The molecule has 0 aliphatic rings. The second kappa shape index (κ2) is 5.12. The van der Waals surface area contributed by atoms with Crippen LogP contribution in [0, 0.1) is 6.92 Å². The highest BCUT2D eigenvalue weighted by atomic mass is 79.9. The third-order valence-electron chi connectivity index (χ3n) is 1.73. The molecule has 0 spiro atoms. The molecule has 0 saturated heterocycles. The first-order valence-electron chi connectivity index (χ1n) is 4.70. The van der Waals surface area contributed by atoms with Crippen LogP contribution in [0.4, 0.5) is 5.69 Å². The molecule has 1 aromatic rings. The van der Waals surface area contributed by atoms with E-state index in [1.165, 1.54) is 0 Å². The third-order valence-corrected chi connectivity index (χ3v) is 2.19. The summed E-state index contributed by atoms with van der Waals surface area (Å²) in [5, 5.41) is 2.81. The van der Waals surface area contributed by atoms with Gasteiger partial charge >= 0.3 is 0 Å². The van der Waals surface area contributed by atoms with Crippen LogP contribution in [0.5, 0.6) is 0 Å². The molecule has 0 unspecified atom stereocenters. The smallest absolute Gasteiger partial charge is 0.248 e. The predicted octanol–water partition coefficient (Wildman–Crippen LogP) is 3.66.